The molecule has 0 aromatic rings. The molecule has 2 N–H and O–H groups in total. The molecule has 0 amide bonds. The molecule has 1 fully saturated rings. The Kier molecular flexibility index (Phi) is 2.33. The maximum absolute atomic E-state index is 12.5. The summed E-state index contributed by atoms with van der Waals surface area (Å²) in [5.41, 5.74) is 0.560. The average molecular weight is 360 g/mol. The zero-order valence-electron chi connectivity index (χ0n) is 10.7. The topological polar surface area (TPSA) is 57.5 Å². The van der Waals surface area contributed by atoms with Gasteiger partial charge in [-0.2, -0.15) is 0 Å². The van der Waals surface area contributed by atoms with E-state index < -0.39 is 20.5 Å². The summed E-state index contributed by atoms with van der Waals surface area (Å²) in [7, 11) is 0. The molecular weight excluding hydrogens is 343 g/mol. The summed E-state index contributed by atoms with van der Waals surface area (Å²) in [5, 5.41) is 21.0. The molecule has 1 unspecified atom stereocenters. The minimum Gasteiger partial charge on any atom is -0.387 e. The number of halogens is 1. The number of carbonyl (C=O) groups is 1. The summed E-state index contributed by atoms with van der Waals surface area (Å²) in [4.78, 5) is 12.5. The van der Waals surface area contributed by atoms with E-state index in [9.17, 15) is 15.0 Å². The third-order valence-corrected chi connectivity index (χ3v) is 5.92. The molecule has 18 heavy (non-hydrogen) atoms. The molecule has 0 aromatic heterocycles. The molecule has 0 aromatic carbocycles. The lowest BCUT2D eigenvalue weighted by molar-refractivity contribution is -0.137. The van der Waals surface area contributed by atoms with Crippen molar-refractivity contribution in [3.63, 3.8) is 0 Å². The largest absolute Gasteiger partial charge is 0.387 e. The second kappa shape index (κ2) is 3.27. The number of rotatable bonds is 0. The highest BCUT2D eigenvalue weighted by atomic mass is 127. The number of aliphatic hydroxyl groups is 2. The van der Waals surface area contributed by atoms with Crippen molar-refractivity contribution in [2.24, 2.45) is 5.41 Å². The lowest BCUT2D eigenvalue weighted by atomic mass is 9.68. The number of aliphatic hydroxyl groups excluding tert-OH is 1. The number of hydrogen-bond donors (Lipinski definition) is 2. The third-order valence-electron chi connectivity index (χ3n) is 5.02. The lowest BCUT2D eigenvalue weighted by Gasteiger charge is -2.39. The Morgan fingerprint density at radius 1 is 1.39 bits per heavy atom. The van der Waals surface area contributed by atoms with Crippen molar-refractivity contribution in [3.8, 4) is 0 Å². The fourth-order valence-corrected chi connectivity index (χ4v) is 4.18. The Hall–Kier alpha value is -0.200. The Balaban J connectivity index is 2.28. The van der Waals surface area contributed by atoms with Crippen LogP contribution in [0.15, 0.2) is 22.8 Å². The fraction of sp³-hybridized carbons (Fsp3) is 0.643. The minimum absolute atomic E-state index is 0.222. The van der Waals surface area contributed by atoms with E-state index in [1.54, 1.807) is 6.92 Å². The van der Waals surface area contributed by atoms with Gasteiger partial charge in [0.15, 0.2) is 5.78 Å². The molecule has 3 aliphatic rings. The first-order valence-electron chi connectivity index (χ1n) is 6.24. The quantitative estimate of drug-likeness (QED) is 0.513. The van der Waals surface area contributed by atoms with Crippen LogP contribution in [-0.4, -0.2) is 31.1 Å². The highest BCUT2D eigenvalue weighted by molar-refractivity contribution is 14.1. The Bertz CT molecular complexity index is 521. The summed E-state index contributed by atoms with van der Waals surface area (Å²) in [6.45, 7) is 5.49. The lowest BCUT2D eigenvalue weighted by Crippen LogP contribution is -2.50. The number of carbonyl (C=O) groups excluding carboxylic acids is 1. The third kappa shape index (κ3) is 1.24. The molecule has 3 rings (SSSR count). The summed E-state index contributed by atoms with van der Waals surface area (Å²) < 4.78 is -0.462. The maximum atomic E-state index is 12.5. The predicted molar refractivity (Wildman–Crippen MR) is 76.5 cm³/mol. The van der Waals surface area contributed by atoms with Crippen LogP contribution >= 0.6 is 22.6 Å². The Labute approximate surface area is 120 Å². The van der Waals surface area contributed by atoms with Crippen LogP contribution in [0.5, 0.6) is 0 Å². The molecule has 3 nitrogen and oxygen atoms in total. The van der Waals surface area contributed by atoms with Crippen molar-refractivity contribution in [3.05, 3.63) is 22.8 Å². The van der Waals surface area contributed by atoms with Gasteiger partial charge in [-0.1, -0.05) is 34.2 Å². The van der Waals surface area contributed by atoms with E-state index in [2.05, 4.69) is 22.6 Å². The van der Waals surface area contributed by atoms with Crippen molar-refractivity contribution in [1.29, 1.82) is 0 Å². The van der Waals surface area contributed by atoms with Gasteiger partial charge >= 0.3 is 0 Å². The van der Waals surface area contributed by atoms with Gasteiger partial charge in [-0.3, -0.25) is 4.79 Å². The predicted octanol–water partition coefficient (Wildman–Crippen LogP) is 1.91. The number of ketones is 1. The van der Waals surface area contributed by atoms with Gasteiger partial charge in [0.25, 0.3) is 0 Å². The highest BCUT2D eigenvalue weighted by Gasteiger charge is 2.66. The van der Waals surface area contributed by atoms with Crippen LogP contribution in [0.2, 0.25) is 0 Å². The molecule has 3 aliphatic carbocycles. The van der Waals surface area contributed by atoms with Crippen molar-refractivity contribution < 1.29 is 15.0 Å². The van der Waals surface area contributed by atoms with E-state index in [-0.39, 0.29) is 5.78 Å². The molecule has 1 saturated carbocycles. The van der Waals surface area contributed by atoms with Crippen LogP contribution in [-0.2, 0) is 4.79 Å². The molecule has 98 valence electrons. The SMILES string of the molecule is CC1=C2C(=CC(C)(I)[C@@H]2O)C(=O)[C@](C)(O)C12CC2. The molecule has 3 atom stereocenters. The average Bonchev–Trinajstić information content (AvgIpc) is 3.02. The summed E-state index contributed by atoms with van der Waals surface area (Å²) >= 11 is 2.17. The fourth-order valence-electron chi connectivity index (χ4n) is 3.55. The Morgan fingerprint density at radius 3 is 2.44 bits per heavy atom. The zero-order valence-corrected chi connectivity index (χ0v) is 12.9. The number of fused-ring (bicyclic) bond motifs is 1. The normalized spacial score (nSPS) is 45.3. The number of hydrogen-bond acceptors (Lipinski definition) is 3. The monoisotopic (exact) mass is 360 g/mol. The van der Waals surface area contributed by atoms with E-state index in [4.69, 9.17) is 0 Å². The zero-order chi connectivity index (χ0) is 13.5. The molecule has 0 aliphatic heterocycles. The smallest absolute Gasteiger partial charge is 0.195 e. The van der Waals surface area contributed by atoms with Gasteiger partial charge in [0, 0.05) is 11.0 Å². The first-order valence-corrected chi connectivity index (χ1v) is 7.32. The molecule has 0 saturated heterocycles. The molecule has 1 spiro atoms. The van der Waals surface area contributed by atoms with Crippen LogP contribution in [0.3, 0.4) is 0 Å². The van der Waals surface area contributed by atoms with Gasteiger partial charge in [-0.25, -0.2) is 0 Å². The standard InChI is InChI=1S/C14H17IO3/c1-7-9-8(6-12(2,15)11(9)17)10(16)13(3,18)14(7)4-5-14/h6,11,17-18H,4-5H2,1-3H3/t11-,12?,13+/m1/s1. The van der Waals surface area contributed by atoms with E-state index in [1.165, 1.54) is 0 Å². The van der Waals surface area contributed by atoms with Gasteiger partial charge in [0.2, 0.25) is 0 Å². The van der Waals surface area contributed by atoms with Gasteiger partial charge in [-0.05, 0) is 39.2 Å². The van der Waals surface area contributed by atoms with Crippen LogP contribution < -0.4 is 0 Å². The number of alkyl halides is 1. The minimum atomic E-state index is -1.32. The molecular formula is C14H17IO3. The molecule has 0 heterocycles. The van der Waals surface area contributed by atoms with Crippen LogP contribution in [0.25, 0.3) is 0 Å². The highest BCUT2D eigenvalue weighted by Crippen LogP contribution is 2.65. The molecule has 0 bridgehead atoms. The van der Waals surface area contributed by atoms with Crippen molar-refractivity contribution >= 4 is 28.4 Å². The van der Waals surface area contributed by atoms with Crippen LogP contribution in [0.4, 0.5) is 0 Å². The van der Waals surface area contributed by atoms with Crippen molar-refractivity contribution in [1.82, 2.24) is 0 Å². The van der Waals surface area contributed by atoms with Crippen molar-refractivity contribution in [2.45, 2.75) is 48.7 Å². The van der Waals surface area contributed by atoms with Gasteiger partial charge in [0.1, 0.15) is 5.60 Å². The Morgan fingerprint density at radius 2 is 1.94 bits per heavy atom. The second-order valence-electron chi connectivity index (χ2n) is 6.13. The van der Waals surface area contributed by atoms with Crippen molar-refractivity contribution in [2.75, 3.05) is 0 Å². The van der Waals surface area contributed by atoms with Gasteiger partial charge in [-0.15, -0.1) is 0 Å². The van der Waals surface area contributed by atoms with E-state index >= 15 is 0 Å². The summed E-state index contributed by atoms with van der Waals surface area (Å²) in [6, 6.07) is 0. The van der Waals surface area contributed by atoms with Gasteiger partial charge < -0.3 is 10.2 Å². The first-order chi connectivity index (χ1) is 8.15. The number of Topliss-reactive ketones (excluding diaryl/α,β-unsaturated/α-hetero) is 1. The van der Waals surface area contributed by atoms with E-state index in [1.807, 2.05) is 19.9 Å². The second-order valence-corrected chi connectivity index (χ2v) is 8.46. The van der Waals surface area contributed by atoms with E-state index in [0.717, 1.165) is 24.0 Å². The van der Waals surface area contributed by atoms with Crippen LogP contribution in [0, 0.1) is 5.41 Å². The summed E-state index contributed by atoms with van der Waals surface area (Å²) in [6.07, 6.45) is 2.83. The van der Waals surface area contributed by atoms with Gasteiger partial charge in [0.05, 0.1) is 9.53 Å². The van der Waals surface area contributed by atoms with E-state index in [0.29, 0.717) is 5.57 Å². The maximum Gasteiger partial charge on any atom is 0.195 e. The summed E-state index contributed by atoms with van der Waals surface area (Å²) in [5.74, 6) is -0.222. The molecule has 0 radical (unpaired) electrons. The first kappa shape index (κ1) is 12.8. The molecule has 4 heteroatoms. The van der Waals surface area contributed by atoms with Crippen LogP contribution in [0.1, 0.15) is 33.6 Å².